The van der Waals surface area contributed by atoms with Gasteiger partial charge in [0.2, 0.25) is 0 Å². The molecule has 3 heterocycles. The monoisotopic (exact) mass is 947 g/mol. The van der Waals surface area contributed by atoms with Crippen LogP contribution in [0, 0.1) is 6.07 Å². The number of anilines is 3. The van der Waals surface area contributed by atoms with Gasteiger partial charge in [-0.1, -0.05) is 158 Å². The van der Waals surface area contributed by atoms with Crippen molar-refractivity contribution in [2.24, 2.45) is 0 Å². The fourth-order valence-corrected chi connectivity index (χ4v) is 7.98. The second-order valence-electron chi connectivity index (χ2n) is 17.4. The predicted molar refractivity (Wildman–Crippen MR) is 244 cm³/mol. The van der Waals surface area contributed by atoms with Crippen LogP contribution in [-0.4, -0.2) is 9.97 Å². The summed E-state index contributed by atoms with van der Waals surface area (Å²) in [5, 5.41) is 4.60. The van der Waals surface area contributed by atoms with E-state index in [0.29, 0.717) is 0 Å². The van der Waals surface area contributed by atoms with Crippen LogP contribution in [-0.2, 0) is 38.3 Å². The van der Waals surface area contributed by atoms with Gasteiger partial charge >= 0.3 is 21.1 Å². The Morgan fingerprint density at radius 1 is 0.610 bits per heavy atom. The molecule has 0 bridgehead atoms. The molecule has 6 aromatic carbocycles. The normalized spacial score (nSPS) is 11.9. The summed E-state index contributed by atoms with van der Waals surface area (Å²) in [6.45, 7) is 16.0. The number of fused-ring (bicyclic) bond motifs is 4. The van der Waals surface area contributed by atoms with Gasteiger partial charge in [0.05, 0.1) is 11.4 Å². The zero-order valence-electron chi connectivity index (χ0n) is 34.7. The van der Waals surface area contributed by atoms with E-state index in [2.05, 4.69) is 193 Å². The molecule has 0 aliphatic heterocycles. The molecule has 0 aliphatic carbocycles. The molecule has 0 fully saturated rings. The molecular formula is C54H48N4Pt. The molecule has 0 spiro atoms. The van der Waals surface area contributed by atoms with E-state index in [0.717, 1.165) is 78.9 Å². The molecule has 0 N–H and O–H groups in total. The quantitative estimate of drug-likeness (QED) is 0.149. The molecule has 0 saturated carbocycles. The third-order valence-electron chi connectivity index (χ3n) is 11.3. The van der Waals surface area contributed by atoms with Crippen LogP contribution in [0.2, 0.25) is 0 Å². The molecule has 3 aromatic heterocycles. The molecule has 4 nitrogen and oxygen atoms in total. The van der Waals surface area contributed by atoms with E-state index < -0.39 is 0 Å². The van der Waals surface area contributed by atoms with Crippen LogP contribution in [0.1, 0.15) is 65.2 Å². The minimum absolute atomic E-state index is 0. The maximum Gasteiger partial charge on any atom is 2.00 e. The number of aromatic nitrogens is 3. The van der Waals surface area contributed by atoms with Crippen molar-refractivity contribution in [2.45, 2.75) is 65.7 Å². The first-order chi connectivity index (χ1) is 27.9. The van der Waals surface area contributed by atoms with E-state index in [1.165, 1.54) is 27.6 Å². The van der Waals surface area contributed by atoms with Crippen molar-refractivity contribution in [3.8, 4) is 33.6 Å². The van der Waals surface area contributed by atoms with Gasteiger partial charge in [0, 0.05) is 11.6 Å². The van der Waals surface area contributed by atoms with Crippen molar-refractivity contribution < 1.29 is 21.1 Å². The number of hydrogen-bond acceptors (Lipinski definition) is 3. The van der Waals surface area contributed by atoms with Crippen molar-refractivity contribution in [3.05, 3.63) is 175 Å². The van der Waals surface area contributed by atoms with Crippen molar-refractivity contribution >= 4 is 49.8 Å². The van der Waals surface area contributed by atoms with Gasteiger partial charge in [0.1, 0.15) is 5.82 Å². The number of hydrogen-bond donors (Lipinski definition) is 0. The maximum absolute atomic E-state index is 5.53. The summed E-state index contributed by atoms with van der Waals surface area (Å²) in [7, 11) is 0. The molecule has 5 heteroatoms. The zero-order valence-corrected chi connectivity index (χ0v) is 37.0. The van der Waals surface area contributed by atoms with Gasteiger partial charge in [-0.15, -0.1) is 40.4 Å². The third-order valence-corrected chi connectivity index (χ3v) is 11.3. The molecule has 294 valence electrons. The fraction of sp³-hybridized carbons (Fsp3) is 0.185. The Morgan fingerprint density at radius 2 is 1.25 bits per heavy atom. The van der Waals surface area contributed by atoms with Gasteiger partial charge < -0.3 is 9.88 Å². The van der Waals surface area contributed by atoms with E-state index in [4.69, 9.17) is 15.0 Å². The second-order valence-corrected chi connectivity index (χ2v) is 17.4. The van der Waals surface area contributed by atoms with Crippen LogP contribution in [0.15, 0.2) is 152 Å². The fourth-order valence-electron chi connectivity index (χ4n) is 7.98. The number of aryl methyl sites for hydroxylation is 1. The smallest absolute Gasteiger partial charge is 0.656 e. The van der Waals surface area contributed by atoms with Gasteiger partial charge in [-0.2, -0.15) is 0 Å². The Bertz CT molecular complexity index is 2930. The number of pyridine rings is 2. The minimum atomic E-state index is -0.0334. The molecule has 0 aliphatic rings. The Kier molecular flexibility index (Phi) is 10.7. The van der Waals surface area contributed by atoms with Crippen molar-refractivity contribution in [1.82, 2.24) is 15.0 Å². The van der Waals surface area contributed by atoms with E-state index in [1.807, 2.05) is 18.3 Å². The standard InChI is InChI=1S/C54H48N4.Pt/c1-8-35-27-39(31-42(28-35)58(51-25-13-14-26-55-51)50-24-15-18-36-17-9-10-19-43(36)50)48-32-38(37-29-40(53(2,3)4)34-41(30-37)54(5,6)7)33-49(56-48)46-22-16-21-45-44-20-11-12-23-47(44)57-52(45)46;/h9-30,32-34H,8H2,1-7H3;/q-2;+2. The number of benzene rings is 6. The zero-order chi connectivity index (χ0) is 40.2. The Balaban J connectivity index is 0.00000484. The topological polar surface area (TPSA) is 43.1 Å². The summed E-state index contributed by atoms with van der Waals surface area (Å²) in [5.41, 5.74) is 13.6. The second kappa shape index (κ2) is 15.7. The summed E-state index contributed by atoms with van der Waals surface area (Å²) in [6, 6.07) is 55.9. The Hall–Kier alpha value is -5.83. The number of para-hydroxylation sites is 2. The molecule has 0 unspecified atom stereocenters. The molecule has 0 atom stereocenters. The molecule has 0 amide bonds. The predicted octanol–water partition coefficient (Wildman–Crippen LogP) is 14.3. The summed E-state index contributed by atoms with van der Waals surface area (Å²) in [4.78, 5) is 17.8. The molecular weight excluding hydrogens is 900 g/mol. The van der Waals surface area contributed by atoms with Crippen LogP contribution in [0.5, 0.6) is 0 Å². The van der Waals surface area contributed by atoms with Crippen molar-refractivity contribution in [1.29, 1.82) is 0 Å². The average molecular weight is 948 g/mol. The summed E-state index contributed by atoms with van der Waals surface area (Å²) < 4.78 is 0. The van der Waals surface area contributed by atoms with E-state index >= 15 is 0 Å². The molecule has 0 saturated heterocycles. The van der Waals surface area contributed by atoms with E-state index in [9.17, 15) is 0 Å². The Morgan fingerprint density at radius 3 is 1.98 bits per heavy atom. The first-order valence-corrected chi connectivity index (χ1v) is 20.3. The van der Waals surface area contributed by atoms with Gasteiger partial charge in [-0.25, -0.2) is 4.98 Å². The minimum Gasteiger partial charge on any atom is -0.656 e. The largest absolute Gasteiger partial charge is 2.00 e. The molecule has 0 radical (unpaired) electrons. The summed E-state index contributed by atoms with van der Waals surface area (Å²) in [6.07, 6.45) is 2.70. The van der Waals surface area contributed by atoms with E-state index in [1.54, 1.807) is 0 Å². The van der Waals surface area contributed by atoms with Crippen LogP contribution in [0.25, 0.3) is 66.2 Å². The SMILES string of the molecule is CCc1cc(-c2cc(-c3cc(C(C)(C)C)cc(C(C)(C)C)c3)cc(-c3cccc4c3[n-]c3ccccc34)n2)[c-]c(N(c2ccccn2)c2cccc3ccccc23)c1.[Pt+2]. The van der Waals surface area contributed by atoms with E-state index in [-0.39, 0.29) is 31.9 Å². The van der Waals surface area contributed by atoms with Crippen molar-refractivity contribution in [2.75, 3.05) is 4.90 Å². The van der Waals surface area contributed by atoms with Gasteiger partial charge in [0.15, 0.2) is 0 Å². The summed E-state index contributed by atoms with van der Waals surface area (Å²) in [5.74, 6) is 0.825. The molecule has 9 aromatic rings. The molecule has 59 heavy (non-hydrogen) atoms. The average Bonchev–Trinajstić information content (AvgIpc) is 3.62. The van der Waals surface area contributed by atoms with Crippen LogP contribution in [0.3, 0.4) is 0 Å². The van der Waals surface area contributed by atoms with Crippen LogP contribution in [0.4, 0.5) is 17.2 Å². The first kappa shape index (κ1) is 40.0. The van der Waals surface area contributed by atoms with Crippen molar-refractivity contribution in [3.63, 3.8) is 0 Å². The third kappa shape index (κ3) is 7.75. The van der Waals surface area contributed by atoms with Crippen LogP contribution >= 0.6 is 0 Å². The summed E-state index contributed by atoms with van der Waals surface area (Å²) >= 11 is 0. The number of nitrogens with zero attached hydrogens (tertiary/aromatic N) is 4. The van der Waals surface area contributed by atoms with Gasteiger partial charge in [-0.3, -0.25) is 4.98 Å². The maximum atomic E-state index is 5.53. The molecule has 9 rings (SSSR count). The van der Waals surface area contributed by atoms with Gasteiger partial charge in [-0.05, 0) is 96.9 Å². The number of rotatable bonds is 7. The van der Waals surface area contributed by atoms with Gasteiger partial charge in [0.25, 0.3) is 0 Å². The first-order valence-electron chi connectivity index (χ1n) is 20.3. The van der Waals surface area contributed by atoms with Crippen LogP contribution < -0.4 is 9.88 Å². The Labute approximate surface area is 362 Å².